The van der Waals surface area contributed by atoms with Crippen molar-refractivity contribution in [2.75, 3.05) is 13.1 Å². The van der Waals surface area contributed by atoms with Crippen molar-refractivity contribution < 1.29 is 76.2 Å². The summed E-state index contributed by atoms with van der Waals surface area (Å²) in [5.74, 6) is 0.0763. The van der Waals surface area contributed by atoms with Crippen LogP contribution in [0, 0.1) is 48.3 Å². The Balaban J connectivity index is 0.000000197. The summed E-state index contributed by atoms with van der Waals surface area (Å²) in [6, 6.07) is 6.51. The second-order valence-electron chi connectivity index (χ2n) is 29.5. The number of aliphatic carboxylic acids is 2. The monoisotopic (exact) mass is 1340 g/mol. The first kappa shape index (κ1) is 69.5. The van der Waals surface area contributed by atoms with Crippen molar-refractivity contribution in [1.29, 1.82) is 0 Å². The first-order valence-electron chi connectivity index (χ1n) is 34.1. The number of carboxylic acids is 2. The first-order chi connectivity index (χ1) is 46.1. The zero-order valence-electron chi connectivity index (χ0n) is 57.4. The third-order valence-electron chi connectivity index (χ3n) is 19.8. The summed E-state index contributed by atoms with van der Waals surface area (Å²) in [5, 5.41) is 26.3. The van der Waals surface area contributed by atoms with Gasteiger partial charge in [0.2, 0.25) is 35.4 Å². The van der Waals surface area contributed by atoms with E-state index in [1.807, 2.05) is 86.6 Å². The SMILES string of the molecule is Cc1cnc(COc2ccc3nc4c(nc3c2)O[C@H]2CN(C(=O)[C@H](C(C)(C)C)NC(=O)O[C@@H]3CCC[C@H]3CCCCC4)[C@H](C(=O)O)[C@@H]2C)o1.Cc1cnc(COc2ccc3nc4c(nc3c2)O[C@H]2CN(C(=O)[C@H](C(C)(C)C)NC(=O)O[C@]3(C)C[C@H]3CCCCC4)[C@H](C(=O)O)[C@@H]2C)o1. The number of nitrogens with one attached hydrogen (secondary N) is 2. The quantitative estimate of drug-likeness (QED) is 0.110. The summed E-state index contributed by atoms with van der Waals surface area (Å²) in [4.78, 5) is 111. The minimum Gasteiger partial charge on any atom is -0.484 e. The standard InChI is InChI=1S/C36H47N5O8.C35H45N5O8/c1-20-17-37-29(47-20)19-46-23-14-15-24-26(16-23)39-32-25(38-24)12-8-6-7-10-22-11-9-13-27(22)49-35(45)40-31(36(3,4)5)33(42)41-18-28(48-32)21(2)30(41)34(43)44;1-19-16-36-27(46-19)18-45-22-12-13-23-25(14-22)38-30-24(37-23)11-9-7-8-10-21-15-35(21,6)48-33(44)39-29(34(3,4)5)31(41)40-17-26(47-30)20(2)28(40)32(42)43/h14-17,21-22,27-28,30-31H,6-13,18-19H2,1-5H3,(H,40,45)(H,43,44);12-14,16,20-21,26,28-29H,7-11,15,17-18H2,1-6H3,(H,39,44)(H,42,43)/t21-,22-,27-,28+,30+,31-;20-,21-,26+,28+,29-,35-/m11/s1. The summed E-state index contributed by atoms with van der Waals surface area (Å²) < 4.78 is 47.7. The fourth-order valence-corrected chi connectivity index (χ4v) is 14.2. The number of oxazole rings is 2. The van der Waals surface area contributed by atoms with Crippen molar-refractivity contribution in [3.05, 3.63) is 83.5 Å². The van der Waals surface area contributed by atoms with Crippen molar-refractivity contribution in [1.82, 2.24) is 50.3 Å². The normalized spacial score (nSPS) is 27.6. The topological polar surface area (TPSA) is 332 Å². The molecule has 26 heteroatoms. The second-order valence-corrected chi connectivity index (χ2v) is 29.5. The van der Waals surface area contributed by atoms with Crippen LogP contribution < -0.4 is 29.6 Å². The number of carbonyl (C=O) groups is 6. The number of ether oxygens (including phenoxy) is 6. The van der Waals surface area contributed by atoms with E-state index in [4.69, 9.17) is 57.2 Å². The van der Waals surface area contributed by atoms with E-state index in [0.29, 0.717) is 92.9 Å². The largest absolute Gasteiger partial charge is 0.484 e. The summed E-state index contributed by atoms with van der Waals surface area (Å²) in [6.45, 7) is 20.4. The van der Waals surface area contributed by atoms with Gasteiger partial charge in [-0.05, 0) is 126 Å². The number of hydrogen-bond acceptors (Lipinski definition) is 20. The van der Waals surface area contributed by atoms with Gasteiger partial charge in [-0.15, -0.1) is 0 Å². The molecule has 2 aliphatic carbocycles. The molecule has 26 nitrogen and oxygen atoms in total. The maximum Gasteiger partial charge on any atom is 0.408 e. The molecule has 4 N–H and O–H groups in total. The predicted molar refractivity (Wildman–Crippen MR) is 351 cm³/mol. The zero-order valence-corrected chi connectivity index (χ0v) is 57.4. The lowest BCUT2D eigenvalue weighted by Crippen LogP contribution is -2.57. The smallest absolute Gasteiger partial charge is 0.408 e. The van der Waals surface area contributed by atoms with E-state index < -0.39 is 101 Å². The fraction of sp³-hybridized carbons (Fsp3) is 0.606. The van der Waals surface area contributed by atoms with Gasteiger partial charge in [0.15, 0.2) is 13.2 Å². The molecule has 0 spiro atoms. The van der Waals surface area contributed by atoms with Crippen LogP contribution in [-0.2, 0) is 54.7 Å². The van der Waals surface area contributed by atoms with Gasteiger partial charge in [0.1, 0.15) is 82.5 Å². The minimum absolute atomic E-state index is 0.00205. The van der Waals surface area contributed by atoms with E-state index in [2.05, 4.69) is 20.6 Å². The lowest BCUT2D eigenvalue weighted by Gasteiger charge is -2.35. The highest BCUT2D eigenvalue weighted by Crippen LogP contribution is 2.50. The summed E-state index contributed by atoms with van der Waals surface area (Å²) in [6.07, 6.45) is 12.5. The molecule has 522 valence electrons. The van der Waals surface area contributed by atoms with E-state index in [-0.39, 0.29) is 44.2 Å². The van der Waals surface area contributed by atoms with Gasteiger partial charge >= 0.3 is 24.1 Å². The van der Waals surface area contributed by atoms with Crippen LogP contribution in [0.15, 0.2) is 57.6 Å². The molecule has 6 aromatic rings. The number of fused-ring (bicyclic) bond motifs is 10. The van der Waals surface area contributed by atoms with Crippen LogP contribution in [0.1, 0.15) is 174 Å². The molecule has 2 saturated carbocycles. The van der Waals surface area contributed by atoms with Gasteiger partial charge in [0.05, 0.1) is 47.6 Å². The zero-order chi connectivity index (χ0) is 69.3. The van der Waals surface area contributed by atoms with Crippen LogP contribution in [0.2, 0.25) is 0 Å². The van der Waals surface area contributed by atoms with E-state index >= 15 is 0 Å². The van der Waals surface area contributed by atoms with Gasteiger partial charge in [0.25, 0.3) is 0 Å². The molecule has 4 aliphatic heterocycles. The van der Waals surface area contributed by atoms with Crippen molar-refractivity contribution >= 4 is 58.0 Å². The molecule has 12 rings (SSSR count). The van der Waals surface area contributed by atoms with Crippen LogP contribution in [0.5, 0.6) is 23.3 Å². The number of benzene rings is 2. The third kappa shape index (κ3) is 16.3. The Labute approximate surface area is 564 Å². The Morgan fingerprint density at radius 2 is 1.05 bits per heavy atom. The fourth-order valence-electron chi connectivity index (χ4n) is 14.2. The number of nitrogens with zero attached hydrogens (tertiary/aromatic N) is 8. The van der Waals surface area contributed by atoms with Crippen LogP contribution >= 0.6 is 0 Å². The van der Waals surface area contributed by atoms with Crippen molar-refractivity contribution in [3.63, 3.8) is 0 Å². The Morgan fingerprint density at radius 3 is 1.51 bits per heavy atom. The molecule has 12 atom stereocenters. The van der Waals surface area contributed by atoms with Gasteiger partial charge < -0.3 is 67.9 Å². The molecule has 0 unspecified atom stereocenters. The number of hydrogen-bond donors (Lipinski definition) is 4. The molecule has 2 aromatic carbocycles. The molecule has 4 aromatic heterocycles. The molecule has 4 fully saturated rings. The lowest BCUT2D eigenvalue weighted by molar-refractivity contribution is -0.151. The number of alkyl carbamates (subject to hydrolysis) is 2. The van der Waals surface area contributed by atoms with E-state index in [9.17, 15) is 39.0 Å². The van der Waals surface area contributed by atoms with Crippen molar-refractivity contribution in [3.8, 4) is 23.3 Å². The molecular formula is C71H92N10O16. The Hall–Kier alpha value is -8.84. The Morgan fingerprint density at radius 1 is 0.588 bits per heavy atom. The van der Waals surface area contributed by atoms with Gasteiger partial charge in [0, 0.05) is 29.9 Å². The number of aryl methyl sites for hydroxylation is 4. The van der Waals surface area contributed by atoms with E-state index in [1.165, 1.54) is 9.80 Å². The summed E-state index contributed by atoms with van der Waals surface area (Å²) in [7, 11) is 0. The lowest BCUT2D eigenvalue weighted by atomic mass is 9.85. The number of carbonyl (C=O) groups excluding carboxylic acids is 4. The minimum atomic E-state index is -1.17. The van der Waals surface area contributed by atoms with Crippen LogP contribution in [0.3, 0.4) is 0 Å². The predicted octanol–water partition coefficient (Wildman–Crippen LogP) is 10.8. The molecule has 2 saturated heterocycles. The maximum absolute atomic E-state index is 14.2. The molecule has 6 aliphatic rings. The highest BCUT2D eigenvalue weighted by atomic mass is 16.6. The van der Waals surface area contributed by atoms with Crippen LogP contribution in [-0.4, -0.2) is 147 Å². The summed E-state index contributed by atoms with van der Waals surface area (Å²) >= 11 is 0. The number of rotatable bonds is 8. The van der Waals surface area contributed by atoms with Gasteiger partial charge in [-0.3, -0.25) is 9.59 Å². The van der Waals surface area contributed by atoms with Crippen LogP contribution in [0.25, 0.3) is 22.1 Å². The van der Waals surface area contributed by atoms with E-state index in [0.717, 1.165) is 77.0 Å². The van der Waals surface area contributed by atoms with Gasteiger partial charge in [-0.2, -0.15) is 0 Å². The van der Waals surface area contributed by atoms with Crippen LogP contribution in [0.4, 0.5) is 9.59 Å². The van der Waals surface area contributed by atoms with Crippen molar-refractivity contribution in [2.45, 2.75) is 227 Å². The highest BCUT2D eigenvalue weighted by Gasteiger charge is 2.55. The van der Waals surface area contributed by atoms with E-state index in [1.54, 1.807) is 38.4 Å². The highest BCUT2D eigenvalue weighted by molar-refractivity contribution is 5.92. The molecular weight excluding hydrogens is 1250 g/mol. The van der Waals surface area contributed by atoms with Gasteiger partial charge in [-0.25, -0.2) is 49.1 Å². The Bertz CT molecular complexity index is 3880. The average Bonchev–Trinajstić information content (AvgIpc) is 1.65. The molecule has 0 radical (unpaired) electrons. The average molecular weight is 1340 g/mol. The molecule has 4 amide bonds. The number of carboxylic acid groups (broad SMARTS) is 2. The maximum atomic E-state index is 14.2. The number of aromatic nitrogens is 6. The second kappa shape index (κ2) is 28.7. The molecule has 4 bridgehead atoms. The molecule has 97 heavy (non-hydrogen) atoms. The third-order valence-corrected chi connectivity index (χ3v) is 19.8. The van der Waals surface area contributed by atoms with Gasteiger partial charge in [-0.1, -0.05) is 81.1 Å². The molecule has 8 heterocycles. The summed E-state index contributed by atoms with van der Waals surface area (Å²) in [5.41, 5.74) is 1.78. The number of amides is 4. The first-order valence-corrected chi connectivity index (χ1v) is 34.1. The Kier molecular flexibility index (Phi) is 20.6. The van der Waals surface area contributed by atoms with Crippen molar-refractivity contribution in [2.24, 2.45) is 34.5 Å².